The van der Waals surface area contributed by atoms with Crippen molar-refractivity contribution in [1.82, 2.24) is 0 Å². The van der Waals surface area contributed by atoms with Crippen LogP contribution in [0.1, 0.15) is 34.3 Å². The average Bonchev–Trinajstić information content (AvgIpc) is 2.37. The number of hydrogen-bond donors (Lipinski definition) is 1. The van der Waals surface area contributed by atoms with Gasteiger partial charge in [0.1, 0.15) is 11.5 Å². The molecule has 1 fully saturated rings. The van der Waals surface area contributed by atoms with E-state index in [1.807, 2.05) is 13.8 Å². The van der Waals surface area contributed by atoms with E-state index in [9.17, 15) is 4.79 Å². The largest absolute Gasteiger partial charge is 0.496 e. The second-order valence-electron chi connectivity index (χ2n) is 5.20. The lowest BCUT2D eigenvalue weighted by Crippen LogP contribution is -2.40. The van der Waals surface area contributed by atoms with Gasteiger partial charge in [-0.3, -0.25) is 4.79 Å². The third kappa shape index (κ3) is 2.32. The van der Waals surface area contributed by atoms with Gasteiger partial charge in [0.05, 0.1) is 19.8 Å². The third-order valence-electron chi connectivity index (χ3n) is 4.03. The zero-order valence-electron chi connectivity index (χ0n) is 11.9. The molecule has 0 bridgehead atoms. The van der Waals surface area contributed by atoms with Crippen molar-refractivity contribution >= 4 is 5.78 Å². The molecule has 0 aliphatic heterocycles. The minimum Gasteiger partial charge on any atom is -0.496 e. The molecule has 0 heterocycles. The molecule has 0 spiro atoms. The molecule has 19 heavy (non-hydrogen) atoms. The van der Waals surface area contributed by atoms with E-state index in [0.29, 0.717) is 11.3 Å². The standard InChI is InChI=1S/C15H21NO3/c1-8-9(2)15(19-4)12(7-13(8)18-3)14(17)10-5-11(16)6-10/h7,10-11H,5-6,16H2,1-4H3. The molecule has 1 saturated carbocycles. The lowest BCUT2D eigenvalue weighted by Gasteiger charge is -2.31. The van der Waals surface area contributed by atoms with Crippen LogP contribution in [-0.2, 0) is 0 Å². The fourth-order valence-corrected chi connectivity index (χ4v) is 2.62. The summed E-state index contributed by atoms with van der Waals surface area (Å²) in [7, 11) is 3.21. The predicted molar refractivity (Wildman–Crippen MR) is 74.0 cm³/mol. The molecule has 104 valence electrons. The summed E-state index contributed by atoms with van der Waals surface area (Å²) in [5, 5.41) is 0. The summed E-state index contributed by atoms with van der Waals surface area (Å²) in [5.41, 5.74) is 8.32. The van der Waals surface area contributed by atoms with Crippen molar-refractivity contribution in [3.63, 3.8) is 0 Å². The van der Waals surface area contributed by atoms with E-state index in [1.54, 1.807) is 20.3 Å². The first-order valence-corrected chi connectivity index (χ1v) is 6.51. The van der Waals surface area contributed by atoms with Crippen LogP contribution in [0, 0.1) is 19.8 Å². The molecule has 0 unspecified atom stereocenters. The Morgan fingerprint density at radius 3 is 2.32 bits per heavy atom. The lowest BCUT2D eigenvalue weighted by molar-refractivity contribution is 0.0829. The summed E-state index contributed by atoms with van der Waals surface area (Å²) in [6, 6.07) is 1.95. The molecule has 4 nitrogen and oxygen atoms in total. The number of methoxy groups -OCH3 is 2. The number of Topliss-reactive ketones (excluding diaryl/α,β-unsaturated/α-hetero) is 1. The van der Waals surface area contributed by atoms with Crippen LogP contribution in [0.2, 0.25) is 0 Å². The molecular formula is C15H21NO3. The fraction of sp³-hybridized carbons (Fsp3) is 0.533. The molecule has 1 aromatic carbocycles. The SMILES string of the molecule is COc1cc(C(=O)C2CC(N)C2)c(OC)c(C)c1C. The van der Waals surface area contributed by atoms with Crippen molar-refractivity contribution in [1.29, 1.82) is 0 Å². The molecule has 0 saturated heterocycles. The third-order valence-corrected chi connectivity index (χ3v) is 4.03. The van der Waals surface area contributed by atoms with Gasteiger partial charge in [-0.2, -0.15) is 0 Å². The van der Waals surface area contributed by atoms with Gasteiger partial charge in [-0.1, -0.05) is 0 Å². The van der Waals surface area contributed by atoms with Crippen molar-refractivity contribution in [2.45, 2.75) is 32.7 Å². The molecule has 0 atom stereocenters. The van der Waals surface area contributed by atoms with Gasteiger partial charge >= 0.3 is 0 Å². The van der Waals surface area contributed by atoms with E-state index in [4.69, 9.17) is 15.2 Å². The Bertz CT molecular complexity index is 505. The zero-order valence-corrected chi connectivity index (χ0v) is 11.9. The number of nitrogens with two attached hydrogens (primary N) is 1. The summed E-state index contributed by atoms with van der Waals surface area (Å²) in [5.74, 6) is 1.52. The molecule has 1 aliphatic rings. The van der Waals surface area contributed by atoms with Gasteiger partial charge in [-0.25, -0.2) is 0 Å². The molecule has 2 N–H and O–H groups in total. The number of rotatable bonds is 4. The van der Waals surface area contributed by atoms with Gasteiger partial charge in [-0.05, 0) is 43.9 Å². The highest BCUT2D eigenvalue weighted by atomic mass is 16.5. The Labute approximate surface area is 113 Å². The van der Waals surface area contributed by atoms with Crippen LogP contribution < -0.4 is 15.2 Å². The molecule has 1 aromatic rings. The second-order valence-corrected chi connectivity index (χ2v) is 5.20. The highest BCUT2D eigenvalue weighted by Gasteiger charge is 2.34. The molecule has 2 rings (SSSR count). The first-order valence-electron chi connectivity index (χ1n) is 6.51. The van der Waals surface area contributed by atoms with Crippen LogP contribution >= 0.6 is 0 Å². The Hall–Kier alpha value is -1.55. The maximum absolute atomic E-state index is 12.5. The molecule has 0 aromatic heterocycles. The maximum Gasteiger partial charge on any atom is 0.169 e. The maximum atomic E-state index is 12.5. The van der Waals surface area contributed by atoms with E-state index in [1.165, 1.54) is 0 Å². The van der Waals surface area contributed by atoms with Gasteiger partial charge in [-0.15, -0.1) is 0 Å². The molecule has 0 radical (unpaired) electrons. The number of hydrogen-bond acceptors (Lipinski definition) is 4. The van der Waals surface area contributed by atoms with Crippen LogP contribution in [0.25, 0.3) is 0 Å². The van der Waals surface area contributed by atoms with Crippen molar-refractivity contribution < 1.29 is 14.3 Å². The molecule has 1 aliphatic carbocycles. The smallest absolute Gasteiger partial charge is 0.169 e. The number of carbonyl (C=O) groups excluding carboxylic acids is 1. The Morgan fingerprint density at radius 2 is 1.84 bits per heavy atom. The van der Waals surface area contributed by atoms with Gasteiger partial charge in [0.2, 0.25) is 0 Å². The number of carbonyl (C=O) groups is 1. The van der Waals surface area contributed by atoms with Gasteiger partial charge in [0.15, 0.2) is 5.78 Å². The molecular weight excluding hydrogens is 242 g/mol. The lowest BCUT2D eigenvalue weighted by atomic mass is 9.76. The Morgan fingerprint density at radius 1 is 1.21 bits per heavy atom. The van der Waals surface area contributed by atoms with Gasteiger partial charge in [0.25, 0.3) is 0 Å². The van der Waals surface area contributed by atoms with Gasteiger partial charge in [0, 0.05) is 12.0 Å². The van der Waals surface area contributed by atoms with E-state index in [-0.39, 0.29) is 17.7 Å². The van der Waals surface area contributed by atoms with Crippen molar-refractivity contribution in [2.24, 2.45) is 11.7 Å². The second kappa shape index (κ2) is 5.21. The number of ketones is 1. The number of ether oxygens (including phenoxy) is 2. The Kier molecular flexibility index (Phi) is 3.80. The van der Waals surface area contributed by atoms with Crippen LogP contribution in [0.5, 0.6) is 11.5 Å². The van der Waals surface area contributed by atoms with Crippen LogP contribution in [0.3, 0.4) is 0 Å². The molecule has 0 amide bonds. The van der Waals surface area contributed by atoms with Crippen LogP contribution in [-0.4, -0.2) is 26.0 Å². The highest BCUT2D eigenvalue weighted by Crippen LogP contribution is 2.37. The summed E-state index contributed by atoms with van der Waals surface area (Å²) in [6.07, 6.45) is 1.52. The van der Waals surface area contributed by atoms with Gasteiger partial charge < -0.3 is 15.2 Å². The first kappa shape index (κ1) is 13.9. The normalized spacial score (nSPS) is 21.7. The summed E-state index contributed by atoms with van der Waals surface area (Å²) >= 11 is 0. The highest BCUT2D eigenvalue weighted by molar-refractivity contribution is 6.02. The first-order chi connectivity index (χ1) is 8.99. The van der Waals surface area contributed by atoms with Crippen LogP contribution in [0.15, 0.2) is 6.07 Å². The van der Waals surface area contributed by atoms with E-state index < -0.39 is 0 Å². The fourth-order valence-electron chi connectivity index (χ4n) is 2.62. The summed E-state index contributed by atoms with van der Waals surface area (Å²) in [6.45, 7) is 3.91. The van der Waals surface area contributed by atoms with Crippen LogP contribution in [0.4, 0.5) is 0 Å². The van der Waals surface area contributed by atoms with E-state index in [2.05, 4.69) is 0 Å². The average molecular weight is 263 g/mol. The molecule has 4 heteroatoms. The van der Waals surface area contributed by atoms with Crippen molar-refractivity contribution in [2.75, 3.05) is 14.2 Å². The van der Waals surface area contributed by atoms with E-state index >= 15 is 0 Å². The predicted octanol–water partition coefficient (Wildman–Crippen LogP) is 2.24. The number of benzene rings is 1. The topological polar surface area (TPSA) is 61.5 Å². The summed E-state index contributed by atoms with van der Waals surface area (Å²) in [4.78, 5) is 12.5. The minimum absolute atomic E-state index is 0.0238. The minimum atomic E-state index is 0.0238. The monoisotopic (exact) mass is 263 g/mol. The summed E-state index contributed by atoms with van der Waals surface area (Å²) < 4.78 is 10.8. The quantitative estimate of drug-likeness (QED) is 0.846. The zero-order chi connectivity index (χ0) is 14.2. The van der Waals surface area contributed by atoms with Crippen molar-refractivity contribution in [3.05, 3.63) is 22.8 Å². The Balaban J connectivity index is 2.43. The van der Waals surface area contributed by atoms with E-state index in [0.717, 1.165) is 29.7 Å². The van der Waals surface area contributed by atoms with Crippen molar-refractivity contribution in [3.8, 4) is 11.5 Å².